The molecular weight excluding hydrogens is 396 g/mol. The van der Waals surface area contributed by atoms with Crippen LogP contribution in [0, 0.1) is 52.3 Å². The molecular formula is C29H48O3. The monoisotopic (exact) mass is 444 g/mol. The van der Waals surface area contributed by atoms with Crippen molar-refractivity contribution in [2.24, 2.45) is 52.3 Å². The molecule has 10 atom stereocenters. The van der Waals surface area contributed by atoms with Gasteiger partial charge in [0.15, 0.2) is 0 Å². The minimum atomic E-state index is -0.391. The van der Waals surface area contributed by atoms with E-state index in [2.05, 4.69) is 59.8 Å². The minimum Gasteiger partial charge on any atom is -0.393 e. The molecule has 0 heterocycles. The van der Waals surface area contributed by atoms with Crippen LogP contribution in [0.5, 0.6) is 0 Å². The SMILES string of the molecule is CC[C@@H](/C=C/[C@@H](C)[C@H]1CC[C@H]2[C@@H]3CC=C4C[C@H](O)CC(OO)[C@]4(C)[C@H]3CC[C@]12C)C(C)C. The summed E-state index contributed by atoms with van der Waals surface area (Å²) in [5.74, 6) is 4.80. The van der Waals surface area contributed by atoms with Gasteiger partial charge in [0, 0.05) is 11.8 Å². The van der Waals surface area contributed by atoms with Crippen LogP contribution in [-0.4, -0.2) is 22.6 Å². The molecule has 4 aliphatic carbocycles. The molecule has 3 nitrogen and oxygen atoms in total. The molecule has 4 rings (SSSR count). The van der Waals surface area contributed by atoms with Crippen molar-refractivity contribution in [1.82, 2.24) is 0 Å². The number of aliphatic hydroxyl groups is 1. The van der Waals surface area contributed by atoms with Crippen LogP contribution in [0.1, 0.15) is 92.9 Å². The Bertz CT molecular complexity index is 726. The van der Waals surface area contributed by atoms with Crippen LogP contribution in [0.25, 0.3) is 0 Å². The Kier molecular flexibility index (Phi) is 7.03. The van der Waals surface area contributed by atoms with Gasteiger partial charge in [-0.15, -0.1) is 0 Å². The van der Waals surface area contributed by atoms with Crippen LogP contribution in [0.3, 0.4) is 0 Å². The Morgan fingerprint density at radius 3 is 2.53 bits per heavy atom. The van der Waals surface area contributed by atoms with Gasteiger partial charge in [0.1, 0.15) is 6.10 Å². The van der Waals surface area contributed by atoms with Gasteiger partial charge in [-0.25, -0.2) is 4.89 Å². The quantitative estimate of drug-likeness (QED) is 0.257. The second-order valence-electron chi connectivity index (χ2n) is 12.6. The van der Waals surface area contributed by atoms with Gasteiger partial charge in [0.2, 0.25) is 0 Å². The Morgan fingerprint density at radius 1 is 1.12 bits per heavy atom. The molecule has 0 amide bonds. The molecule has 32 heavy (non-hydrogen) atoms. The zero-order valence-electron chi connectivity index (χ0n) is 21.4. The van der Waals surface area contributed by atoms with Gasteiger partial charge in [0.05, 0.1) is 6.10 Å². The lowest BCUT2D eigenvalue weighted by Gasteiger charge is -2.59. The third kappa shape index (κ3) is 3.85. The molecule has 3 fully saturated rings. The number of aliphatic hydroxyl groups excluding tert-OH is 1. The summed E-state index contributed by atoms with van der Waals surface area (Å²) in [7, 11) is 0. The van der Waals surface area contributed by atoms with Gasteiger partial charge in [-0.1, -0.05) is 65.3 Å². The summed E-state index contributed by atoms with van der Waals surface area (Å²) in [5.41, 5.74) is 1.62. The second-order valence-corrected chi connectivity index (χ2v) is 12.6. The average molecular weight is 445 g/mol. The Morgan fingerprint density at radius 2 is 1.88 bits per heavy atom. The number of allylic oxidation sites excluding steroid dienone is 3. The molecule has 0 aliphatic heterocycles. The van der Waals surface area contributed by atoms with Crippen molar-refractivity contribution >= 4 is 0 Å². The summed E-state index contributed by atoms with van der Waals surface area (Å²) >= 11 is 0. The van der Waals surface area contributed by atoms with Gasteiger partial charge in [-0.05, 0) is 91.8 Å². The van der Waals surface area contributed by atoms with Crippen LogP contribution in [-0.2, 0) is 4.89 Å². The van der Waals surface area contributed by atoms with Crippen molar-refractivity contribution in [3.05, 3.63) is 23.8 Å². The molecule has 2 N–H and O–H groups in total. The highest BCUT2D eigenvalue weighted by molar-refractivity contribution is 5.28. The Labute approximate surface area is 196 Å². The largest absolute Gasteiger partial charge is 0.393 e. The topological polar surface area (TPSA) is 49.7 Å². The van der Waals surface area contributed by atoms with Crippen LogP contribution >= 0.6 is 0 Å². The normalized spacial score (nSPS) is 45.8. The van der Waals surface area contributed by atoms with E-state index in [1.165, 1.54) is 37.7 Å². The molecule has 0 radical (unpaired) electrons. The molecule has 0 spiro atoms. The van der Waals surface area contributed by atoms with E-state index in [1.54, 1.807) is 0 Å². The molecule has 3 saturated carbocycles. The van der Waals surface area contributed by atoms with Crippen molar-refractivity contribution in [3.8, 4) is 0 Å². The fourth-order valence-corrected chi connectivity index (χ4v) is 9.01. The number of hydrogen-bond acceptors (Lipinski definition) is 3. The van der Waals surface area contributed by atoms with Gasteiger partial charge in [0.25, 0.3) is 0 Å². The zero-order chi connectivity index (χ0) is 23.3. The van der Waals surface area contributed by atoms with E-state index in [9.17, 15) is 10.4 Å². The van der Waals surface area contributed by atoms with Crippen LogP contribution in [0.2, 0.25) is 0 Å². The summed E-state index contributed by atoms with van der Waals surface area (Å²) in [4.78, 5) is 5.05. The van der Waals surface area contributed by atoms with Gasteiger partial charge in [-0.3, -0.25) is 5.26 Å². The van der Waals surface area contributed by atoms with E-state index >= 15 is 0 Å². The van der Waals surface area contributed by atoms with Crippen molar-refractivity contribution in [3.63, 3.8) is 0 Å². The lowest BCUT2D eigenvalue weighted by Crippen LogP contribution is -2.56. The maximum absolute atomic E-state index is 10.4. The summed E-state index contributed by atoms with van der Waals surface area (Å²) in [6.07, 6.45) is 15.7. The lowest BCUT2D eigenvalue weighted by atomic mass is 9.46. The highest BCUT2D eigenvalue weighted by Gasteiger charge is 2.61. The van der Waals surface area contributed by atoms with Crippen LogP contribution in [0.15, 0.2) is 23.8 Å². The number of hydrogen-bond donors (Lipinski definition) is 2. The smallest absolute Gasteiger partial charge is 0.104 e. The van der Waals surface area contributed by atoms with E-state index in [-0.39, 0.29) is 11.5 Å². The van der Waals surface area contributed by atoms with E-state index in [0.717, 1.165) is 24.7 Å². The first kappa shape index (κ1) is 24.5. The van der Waals surface area contributed by atoms with E-state index in [1.807, 2.05) is 0 Å². The molecule has 4 aliphatic rings. The first-order valence-corrected chi connectivity index (χ1v) is 13.5. The van der Waals surface area contributed by atoms with Gasteiger partial charge < -0.3 is 5.11 Å². The van der Waals surface area contributed by atoms with E-state index in [4.69, 9.17) is 4.89 Å². The fraction of sp³-hybridized carbons (Fsp3) is 0.862. The lowest BCUT2D eigenvalue weighted by molar-refractivity contribution is -0.317. The molecule has 1 unspecified atom stereocenters. The predicted octanol–water partition coefficient (Wildman–Crippen LogP) is 7.27. The van der Waals surface area contributed by atoms with Crippen molar-refractivity contribution < 1.29 is 15.3 Å². The second kappa shape index (κ2) is 9.19. The molecule has 0 aromatic rings. The Balaban J connectivity index is 1.56. The minimum absolute atomic E-state index is 0.132. The maximum atomic E-state index is 10.4. The van der Waals surface area contributed by atoms with Crippen LogP contribution < -0.4 is 0 Å². The first-order chi connectivity index (χ1) is 15.2. The van der Waals surface area contributed by atoms with Crippen molar-refractivity contribution in [1.29, 1.82) is 0 Å². The van der Waals surface area contributed by atoms with Crippen LogP contribution in [0.4, 0.5) is 0 Å². The van der Waals surface area contributed by atoms with E-state index in [0.29, 0.717) is 41.4 Å². The first-order valence-electron chi connectivity index (χ1n) is 13.5. The maximum Gasteiger partial charge on any atom is 0.104 e. The summed E-state index contributed by atoms with van der Waals surface area (Å²) in [6.45, 7) is 14.4. The Hall–Kier alpha value is -0.640. The molecule has 0 aromatic heterocycles. The number of fused-ring (bicyclic) bond motifs is 5. The standard InChI is InChI=1S/C29H48O3/c1-7-20(18(2)3)9-8-19(4)24-12-13-25-23-11-10-21-16-22(30)17-27(32-31)29(21,6)26(23)14-15-28(24,25)5/h8-10,18-20,22-27,30-31H,7,11-17H2,1-6H3/b9-8+/t19-,20+,22+,23+,24-,25+,26+,27?,28-,29+/m1/s1. The molecule has 0 bridgehead atoms. The highest BCUT2D eigenvalue weighted by Crippen LogP contribution is 2.67. The molecule has 3 heteroatoms. The summed E-state index contributed by atoms with van der Waals surface area (Å²) in [5, 5.41) is 20.1. The molecule has 182 valence electrons. The highest BCUT2D eigenvalue weighted by atomic mass is 17.1. The van der Waals surface area contributed by atoms with Gasteiger partial charge >= 0.3 is 0 Å². The fourth-order valence-electron chi connectivity index (χ4n) is 9.01. The van der Waals surface area contributed by atoms with Crippen molar-refractivity contribution in [2.45, 2.75) is 105 Å². The summed E-state index contributed by atoms with van der Waals surface area (Å²) in [6, 6.07) is 0. The van der Waals surface area contributed by atoms with Crippen molar-refractivity contribution in [2.75, 3.05) is 0 Å². The number of rotatable bonds is 6. The molecule has 0 aromatic carbocycles. The predicted molar refractivity (Wildman–Crippen MR) is 131 cm³/mol. The third-order valence-electron chi connectivity index (χ3n) is 11.0. The third-order valence-corrected chi connectivity index (χ3v) is 11.0. The average Bonchev–Trinajstić information content (AvgIpc) is 3.11. The molecule has 0 saturated heterocycles. The van der Waals surface area contributed by atoms with Gasteiger partial charge in [-0.2, -0.15) is 0 Å². The van der Waals surface area contributed by atoms with E-state index < -0.39 is 6.10 Å². The zero-order valence-corrected chi connectivity index (χ0v) is 21.4. The summed E-state index contributed by atoms with van der Waals surface area (Å²) < 4.78 is 0.